The molecule has 1 aliphatic rings. The largest absolute Gasteiger partial charge is 0.463 e. The van der Waals surface area contributed by atoms with E-state index >= 15 is 0 Å². The van der Waals surface area contributed by atoms with Gasteiger partial charge in [-0.2, -0.15) is 0 Å². The lowest BCUT2D eigenvalue weighted by Gasteiger charge is -2.40. The molecular weight excluding hydrogens is 440 g/mol. The van der Waals surface area contributed by atoms with E-state index < -0.39 is 36.8 Å². The van der Waals surface area contributed by atoms with Crippen molar-refractivity contribution in [1.82, 2.24) is 0 Å². The van der Waals surface area contributed by atoms with Crippen molar-refractivity contribution < 1.29 is 39.4 Å². The molecule has 1 saturated heterocycles. The summed E-state index contributed by atoms with van der Waals surface area (Å²) in [5, 5.41) is 39.7. The van der Waals surface area contributed by atoms with E-state index in [9.17, 15) is 25.2 Å². The highest BCUT2D eigenvalue weighted by atomic mass is 16.7. The molecular formula is C26H48O8. The molecule has 1 aliphatic heterocycles. The van der Waals surface area contributed by atoms with Crippen molar-refractivity contribution in [1.29, 1.82) is 0 Å². The first-order chi connectivity index (χ1) is 16.4. The lowest BCUT2D eigenvalue weighted by molar-refractivity contribution is -0.301. The Bertz CT molecular complexity index is 539. The molecule has 200 valence electrons. The predicted molar refractivity (Wildman–Crippen MR) is 130 cm³/mol. The van der Waals surface area contributed by atoms with E-state index in [0.29, 0.717) is 12.8 Å². The van der Waals surface area contributed by atoms with Crippen LogP contribution in [-0.4, -0.2) is 76.4 Å². The Kier molecular flexibility index (Phi) is 17.5. The standard InChI is InChI=1S/C26H48O8/c1-3-5-6-7-8-9-10-11-12-13-14-15-16-17-22(28)32-18-20(27)19-33-26-25(31)24(30)23(29)21(4-2)34-26/h9-10,20-21,23-27,29-31H,3-8,11-19H2,1-2H3/b10-9-/t20-,21-,23-,24?,25?,26+/m1/s1. The van der Waals surface area contributed by atoms with Gasteiger partial charge in [0, 0.05) is 6.42 Å². The first-order valence-corrected chi connectivity index (χ1v) is 13.2. The molecule has 8 heteroatoms. The van der Waals surface area contributed by atoms with Crippen LogP contribution in [0, 0.1) is 0 Å². The Morgan fingerprint density at radius 2 is 1.47 bits per heavy atom. The quantitative estimate of drug-likeness (QED) is 0.124. The average molecular weight is 489 g/mol. The zero-order chi connectivity index (χ0) is 25.2. The molecule has 0 radical (unpaired) electrons. The Hall–Kier alpha value is -1.03. The number of ether oxygens (including phenoxy) is 3. The maximum Gasteiger partial charge on any atom is 0.305 e. The SMILES string of the molecule is CCCCCC/C=C\CCCCCCCC(=O)OC[C@@H](O)CO[C@H]1O[C@H](CC)[C@@H](O)C(O)C1O. The average Bonchev–Trinajstić information content (AvgIpc) is 2.83. The summed E-state index contributed by atoms with van der Waals surface area (Å²) in [4.78, 5) is 11.9. The molecule has 34 heavy (non-hydrogen) atoms. The van der Waals surface area contributed by atoms with Gasteiger partial charge in [0.15, 0.2) is 6.29 Å². The third kappa shape index (κ3) is 13.2. The highest BCUT2D eigenvalue weighted by Gasteiger charge is 2.43. The van der Waals surface area contributed by atoms with Gasteiger partial charge in [0.1, 0.15) is 31.0 Å². The Balaban J connectivity index is 2.02. The summed E-state index contributed by atoms with van der Waals surface area (Å²) in [7, 11) is 0. The number of esters is 1. The van der Waals surface area contributed by atoms with E-state index in [4.69, 9.17) is 14.2 Å². The summed E-state index contributed by atoms with van der Waals surface area (Å²) in [5.41, 5.74) is 0. The van der Waals surface area contributed by atoms with Crippen LogP contribution < -0.4 is 0 Å². The van der Waals surface area contributed by atoms with Gasteiger partial charge >= 0.3 is 5.97 Å². The molecule has 4 N–H and O–H groups in total. The monoisotopic (exact) mass is 488 g/mol. The van der Waals surface area contributed by atoms with Gasteiger partial charge in [0.05, 0.1) is 12.7 Å². The molecule has 0 spiro atoms. The van der Waals surface area contributed by atoms with Gasteiger partial charge in [-0.15, -0.1) is 0 Å². The highest BCUT2D eigenvalue weighted by molar-refractivity contribution is 5.69. The van der Waals surface area contributed by atoms with Crippen LogP contribution in [0.2, 0.25) is 0 Å². The third-order valence-electron chi connectivity index (χ3n) is 6.10. The second kappa shape index (κ2) is 19.2. The first-order valence-electron chi connectivity index (χ1n) is 13.2. The predicted octanol–water partition coefficient (Wildman–Crippen LogP) is 3.38. The minimum atomic E-state index is -1.43. The number of rotatable bonds is 19. The molecule has 2 unspecified atom stereocenters. The molecule has 0 aromatic carbocycles. The molecule has 1 rings (SSSR count). The summed E-state index contributed by atoms with van der Waals surface area (Å²) in [6.07, 6.45) is 11.1. The minimum absolute atomic E-state index is 0.213. The summed E-state index contributed by atoms with van der Waals surface area (Å²) < 4.78 is 15.9. The van der Waals surface area contributed by atoms with Gasteiger partial charge in [-0.25, -0.2) is 0 Å². The fraction of sp³-hybridized carbons (Fsp3) is 0.885. The van der Waals surface area contributed by atoms with Crippen molar-refractivity contribution in [3.8, 4) is 0 Å². The second-order valence-corrected chi connectivity index (χ2v) is 9.22. The van der Waals surface area contributed by atoms with Crippen molar-refractivity contribution in [3.63, 3.8) is 0 Å². The second-order valence-electron chi connectivity index (χ2n) is 9.22. The number of hydrogen-bond donors (Lipinski definition) is 4. The van der Waals surface area contributed by atoms with E-state index in [-0.39, 0.29) is 19.2 Å². The normalized spacial score (nSPS) is 26.1. The highest BCUT2D eigenvalue weighted by Crippen LogP contribution is 2.24. The van der Waals surface area contributed by atoms with Crippen LogP contribution in [0.25, 0.3) is 0 Å². The summed E-state index contributed by atoms with van der Waals surface area (Å²) in [6.45, 7) is 3.55. The first kappa shape index (κ1) is 31.0. The summed E-state index contributed by atoms with van der Waals surface area (Å²) >= 11 is 0. The van der Waals surface area contributed by atoms with Crippen molar-refractivity contribution in [3.05, 3.63) is 12.2 Å². The molecule has 0 aliphatic carbocycles. The van der Waals surface area contributed by atoms with Crippen LogP contribution in [0.4, 0.5) is 0 Å². The number of carbonyl (C=O) groups excluding carboxylic acids is 1. The van der Waals surface area contributed by atoms with Crippen LogP contribution in [0.1, 0.15) is 97.3 Å². The van der Waals surface area contributed by atoms with Gasteiger partial charge in [-0.3, -0.25) is 4.79 Å². The Morgan fingerprint density at radius 3 is 2.12 bits per heavy atom. The van der Waals surface area contributed by atoms with Gasteiger partial charge in [0.25, 0.3) is 0 Å². The lowest BCUT2D eigenvalue weighted by Crippen LogP contribution is -2.58. The van der Waals surface area contributed by atoms with E-state index in [1.54, 1.807) is 6.92 Å². The Labute approximate surface area is 205 Å². The zero-order valence-electron chi connectivity index (χ0n) is 21.1. The smallest absolute Gasteiger partial charge is 0.305 e. The minimum Gasteiger partial charge on any atom is -0.463 e. The third-order valence-corrected chi connectivity index (χ3v) is 6.10. The fourth-order valence-corrected chi connectivity index (χ4v) is 3.89. The maximum absolute atomic E-state index is 11.9. The van der Waals surface area contributed by atoms with Crippen molar-refractivity contribution in [2.75, 3.05) is 13.2 Å². The molecule has 8 nitrogen and oxygen atoms in total. The number of carbonyl (C=O) groups is 1. The van der Waals surface area contributed by atoms with Crippen molar-refractivity contribution >= 4 is 5.97 Å². The molecule has 1 fully saturated rings. The van der Waals surface area contributed by atoms with Crippen LogP contribution in [0.3, 0.4) is 0 Å². The maximum atomic E-state index is 11.9. The Morgan fingerprint density at radius 1 is 0.853 bits per heavy atom. The van der Waals surface area contributed by atoms with Gasteiger partial charge in [-0.1, -0.05) is 64.5 Å². The van der Waals surface area contributed by atoms with E-state index in [1.165, 1.54) is 38.5 Å². The number of aliphatic hydroxyl groups is 4. The van der Waals surface area contributed by atoms with Crippen LogP contribution in [0.15, 0.2) is 12.2 Å². The van der Waals surface area contributed by atoms with Crippen LogP contribution in [0.5, 0.6) is 0 Å². The van der Waals surface area contributed by atoms with Crippen molar-refractivity contribution in [2.24, 2.45) is 0 Å². The molecule has 1 heterocycles. The number of allylic oxidation sites excluding steroid dienone is 2. The lowest BCUT2D eigenvalue weighted by atomic mass is 9.97. The van der Waals surface area contributed by atoms with Gasteiger partial charge in [-0.05, 0) is 38.5 Å². The number of aliphatic hydroxyl groups excluding tert-OH is 4. The van der Waals surface area contributed by atoms with E-state index in [1.807, 2.05) is 0 Å². The van der Waals surface area contributed by atoms with Crippen LogP contribution >= 0.6 is 0 Å². The molecule has 6 atom stereocenters. The van der Waals surface area contributed by atoms with Gasteiger partial charge < -0.3 is 34.6 Å². The molecule has 0 amide bonds. The fourth-order valence-electron chi connectivity index (χ4n) is 3.89. The molecule has 0 aromatic rings. The van der Waals surface area contributed by atoms with E-state index in [2.05, 4.69) is 19.1 Å². The van der Waals surface area contributed by atoms with E-state index in [0.717, 1.165) is 32.1 Å². The molecule has 0 aromatic heterocycles. The summed E-state index contributed by atoms with van der Waals surface area (Å²) in [5.74, 6) is -0.358. The molecule has 0 saturated carbocycles. The van der Waals surface area contributed by atoms with Crippen LogP contribution in [-0.2, 0) is 19.0 Å². The topological polar surface area (TPSA) is 126 Å². The number of unbranched alkanes of at least 4 members (excludes halogenated alkanes) is 9. The summed E-state index contributed by atoms with van der Waals surface area (Å²) in [6, 6.07) is 0. The zero-order valence-corrected chi connectivity index (χ0v) is 21.1. The molecule has 0 bridgehead atoms. The van der Waals surface area contributed by atoms with Crippen molar-refractivity contribution in [2.45, 2.75) is 134 Å². The number of hydrogen-bond acceptors (Lipinski definition) is 8. The van der Waals surface area contributed by atoms with Gasteiger partial charge in [0.2, 0.25) is 0 Å².